The average Bonchev–Trinajstić information content (AvgIpc) is 2.32. The minimum Gasteiger partial charge on any atom is -0.294 e. The van der Waals surface area contributed by atoms with Crippen LogP contribution in [-0.4, -0.2) is 5.78 Å². The SMILES string of the molecule is Cc1cccc(CC(=O)c2cc(C)ccc2Br)c1. The van der Waals surface area contributed by atoms with Crippen LogP contribution in [0.25, 0.3) is 0 Å². The maximum atomic E-state index is 12.3. The Kier molecular flexibility index (Phi) is 3.97. The van der Waals surface area contributed by atoms with Crippen molar-refractivity contribution in [2.45, 2.75) is 20.3 Å². The van der Waals surface area contributed by atoms with Crippen LogP contribution in [0.4, 0.5) is 0 Å². The number of halogens is 1. The lowest BCUT2D eigenvalue weighted by Gasteiger charge is -2.06. The molecule has 18 heavy (non-hydrogen) atoms. The molecule has 0 aliphatic carbocycles. The van der Waals surface area contributed by atoms with E-state index in [2.05, 4.69) is 22.0 Å². The van der Waals surface area contributed by atoms with Crippen molar-refractivity contribution in [3.63, 3.8) is 0 Å². The molecule has 2 heteroatoms. The number of aryl methyl sites for hydroxylation is 2. The second-order valence-electron chi connectivity index (χ2n) is 4.57. The molecule has 0 saturated heterocycles. The number of benzene rings is 2. The van der Waals surface area contributed by atoms with Crippen molar-refractivity contribution in [3.05, 3.63) is 69.2 Å². The van der Waals surface area contributed by atoms with E-state index >= 15 is 0 Å². The number of hydrogen-bond donors (Lipinski definition) is 0. The first-order chi connectivity index (χ1) is 8.56. The van der Waals surface area contributed by atoms with Gasteiger partial charge in [-0.1, -0.05) is 57.4 Å². The molecule has 92 valence electrons. The molecule has 0 aliphatic heterocycles. The van der Waals surface area contributed by atoms with Gasteiger partial charge in [-0.2, -0.15) is 0 Å². The first kappa shape index (κ1) is 13.0. The van der Waals surface area contributed by atoms with Crippen LogP contribution in [0.2, 0.25) is 0 Å². The van der Waals surface area contributed by atoms with E-state index in [9.17, 15) is 4.79 Å². The van der Waals surface area contributed by atoms with E-state index in [1.165, 1.54) is 5.56 Å². The third-order valence-corrected chi connectivity index (χ3v) is 3.56. The van der Waals surface area contributed by atoms with Crippen LogP contribution in [-0.2, 0) is 6.42 Å². The second-order valence-corrected chi connectivity index (χ2v) is 5.43. The summed E-state index contributed by atoms with van der Waals surface area (Å²) in [4.78, 5) is 12.3. The minimum atomic E-state index is 0.149. The van der Waals surface area contributed by atoms with Gasteiger partial charge >= 0.3 is 0 Å². The molecule has 2 rings (SSSR count). The zero-order valence-electron chi connectivity index (χ0n) is 10.5. The molecular weight excluding hydrogens is 288 g/mol. The first-order valence-corrected chi connectivity index (χ1v) is 6.70. The molecule has 0 heterocycles. The summed E-state index contributed by atoms with van der Waals surface area (Å²) < 4.78 is 0.866. The summed E-state index contributed by atoms with van der Waals surface area (Å²) in [5.41, 5.74) is 4.11. The van der Waals surface area contributed by atoms with Crippen molar-refractivity contribution in [1.82, 2.24) is 0 Å². The van der Waals surface area contributed by atoms with Crippen molar-refractivity contribution < 1.29 is 4.79 Å². The van der Waals surface area contributed by atoms with Crippen LogP contribution < -0.4 is 0 Å². The van der Waals surface area contributed by atoms with E-state index in [-0.39, 0.29) is 5.78 Å². The fraction of sp³-hybridized carbons (Fsp3) is 0.188. The van der Waals surface area contributed by atoms with Crippen LogP contribution in [0.5, 0.6) is 0 Å². The molecule has 1 nitrogen and oxygen atoms in total. The highest BCUT2D eigenvalue weighted by Crippen LogP contribution is 2.20. The van der Waals surface area contributed by atoms with Crippen molar-refractivity contribution >= 4 is 21.7 Å². The summed E-state index contributed by atoms with van der Waals surface area (Å²) in [6, 6.07) is 13.9. The van der Waals surface area contributed by atoms with Gasteiger partial charge in [0.05, 0.1) is 0 Å². The highest BCUT2D eigenvalue weighted by molar-refractivity contribution is 9.10. The minimum absolute atomic E-state index is 0.149. The van der Waals surface area contributed by atoms with Gasteiger partial charge in [-0.25, -0.2) is 0 Å². The van der Waals surface area contributed by atoms with Gasteiger partial charge in [0, 0.05) is 16.5 Å². The summed E-state index contributed by atoms with van der Waals surface area (Å²) >= 11 is 3.44. The van der Waals surface area contributed by atoms with E-state index in [0.717, 1.165) is 21.2 Å². The van der Waals surface area contributed by atoms with Gasteiger partial charge in [-0.05, 0) is 31.5 Å². The number of rotatable bonds is 3. The fourth-order valence-corrected chi connectivity index (χ4v) is 2.42. The molecule has 0 radical (unpaired) electrons. The van der Waals surface area contributed by atoms with Crippen LogP contribution in [0, 0.1) is 13.8 Å². The molecule has 0 aromatic heterocycles. The maximum absolute atomic E-state index is 12.3. The summed E-state index contributed by atoms with van der Waals surface area (Å²) in [5, 5.41) is 0. The standard InChI is InChI=1S/C16H15BrO/c1-11-4-3-5-13(8-11)10-16(18)14-9-12(2)6-7-15(14)17/h3-9H,10H2,1-2H3. The lowest BCUT2D eigenvalue weighted by molar-refractivity contribution is 0.0992. The highest BCUT2D eigenvalue weighted by Gasteiger charge is 2.11. The second kappa shape index (κ2) is 5.49. The number of ketones is 1. The predicted octanol–water partition coefficient (Wildman–Crippen LogP) is 4.49. The molecule has 0 atom stereocenters. The lowest BCUT2D eigenvalue weighted by atomic mass is 10.0. The third-order valence-electron chi connectivity index (χ3n) is 2.87. The van der Waals surface area contributed by atoms with Crippen molar-refractivity contribution in [2.24, 2.45) is 0 Å². The van der Waals surface area contributed by atoms with Gasteiger partial charge in [0.15, 0.2) is 5.78 Å². The number of hydrogen-bond acceptors (Lipinski definition) is 1. The average molecular weight is 303 g/mol. The zero-order valence-corrected chi connectivity index (χ0v) is 12.1. The fourth-order valence-electron chi connectivity index (χ4n) is 1.96. The molecule has 2 aromatic rings. The molecule has 0 N–H and O–H groups in total. The molecule has 0 saturated carbocycles. The van der Waals surface area contributed by atoms with E-state index < -0.39 is 0 Å². The van der Waals surface area contributed by atoms with Gasteiger partial charge in [-0.15, -0.1) is 0 Å². The van der Waals surface area contributed by atoms with Gasteiger partial charge in [-0.3, -0.25) is 4.79 Å². The monoisotopic (exact) mass is 302 g/mol. The Morgan fingerprint density at radius 2 is 1.78 bits per heavy atom. The van der Waals surface area contributed by atoms with Gasteiger partial charge in [0.25, 0.3) is 0 Å². The molecule has 0 bridgehead atoms. The normalized spacial score (nSPS) is 10.4. The first-order valence-electron chi connectivity index (χ1n) is 5.91. The van der Waals surface area contributed by atoms with Crippen LogP contribution in [0.15, 0.2) is 46.9 Å². The summed E-state index contributed by atoms with van der Waals surface area (Å²) in [7, 11) is 0. The summed E-state index contributed by atoms with van der Waals surface area (Å²) in [6.07, 6.45) is 0.448. The van der Waals surface area contributed by atoms with Gasteiger partial charge in [0.1, 0.15) is 0 Å². The van der Waals surface area contributed by atoms with E-state index in [1.807, 2.05) is 50.2 Å². The molecule has 2 aromatic carbocycles. The van der Waals surface area contributed by atoms with Gasteiger partial charge < -0.3 is 0 Å². The topological polar surface area (TPSA) is 17.1 Å². The Balaban J connectivity index is 2.24. The summed E-state index contributed by atoms with van der Waals surface area (Å²) in [6.45, 7) is 4.03. The Bertz CT molecular complexity index is 587. The molecule has 0 unspecified atom stereocenters. The lowest BCUT2D eigenvalue weighted by Crippen LogP contribution is -2.05. The smallest absolute Gasteiger partial charge is 0.168 e. The van der Waals surface area contributed by atoms with E-state index in [1.54, 1.807) is 0 Å². The Morgan fingerprint density at radius 1 is 1.06 bits per heavy atom. The van der Waals surface area contributed by atoms with Crippen LogP contribution >= 0.6 is 15.9 Å². The Labute approximate surface area is 116 Å². The Hall–Kier alpha value is -1.41. The quantitative estimate of drug-likeness (QED) is 0.763. The molecule has 0 aliphatic rings. The highest BCUT2D eigenvalue weighted by atomic mass is 79.9. The van der Waals surface area contributed by atoms with Crippen LogP contribution in [0.1, 0.15) is 27.0 Å². The van der Waals surface area contributed by atoms with E-state index in [4.69, 9.17) is 0 Å². The molecule has 0 amide bonds. The number of carbonyl (C=O) groups excluding carboxylic acids is 1. The largest absolute Gasteiger partial charge is 0.294 e. The number of carbonyl (C=O) groups is 1. The molecule has 0 fully saturated rings. The maximum Gasteiger partial charge on any atom is 0.168 e. The van der Waals surface area contributed by atoms with E-state index in [0.29, 0.717) is 6.42 Å². The zero-order chi connectivity index (χ0) is 13.1. The molecular formula is C16H15BrO. The summed E-state index contributed by atoms with van der Waals surface area (Å²) in [5.74, 6) is 0.149. The van der Waals surface area contributed by atoms with Crippen molar-refractivity contribution in [3.8, 4) is 0 Å². The Morgan fingerprint density at radius 3 is 2.50 bits per heavy atom. The third kappa shape index (κ3) is 3.08. The number of Topliss-reactive ketones (excluding diaryl/α,β-unsaturated/α-hetero) is 1. The van der Waals surface area contributed by atoms with Gasteiger partial charge in [0.2, 0.25) is 0 Å². The van der Waals surface area contributed by atoms with Crippen molar-refractivity contribution in [2.75, 3.05) is 0 Å². The van der Waals surface area contributed by atoms with Crippen LogP contribution in [0.3, 0.4) is 0 Å². The van der Waals surface area contributed by atoms with Crippen molar-refractivity contribution in [1.29, 1.82) is 0 Å². The molecule has 0 spiro atoms. The predicted molar refractivity (Wildman–Crippen MR) is 78.1 cm³/mol.